The molecule has 2 rings (SSSR count). The molecule has 0 spiro atoms. The summed E-state index contributed by atoms with van der Waals surface area (Å²) in [6.45, 7) is 6.39. The summed E-state index contributed by atoms with van der Waals surface area (Å²) in [6, 6.07) is 16.5. The Bertz CT molecular complexity index is 745. The van der Waals surface area contributed by atoms with Gasteiger partial charge in [-0.25, -0.2) is 5.43 Å². The predicted octanol–water partition coefficient (Wildman–Crippen LogP) is 3.62. The van der Waals surface area contributed by atoms with Crippen molar-refractivity contribution in [2.24, 2.45) is 5.10 Å². The Labute approximate surface area is 136 Å². The van der Waals surface area contributed by atoms with Crippen LogP contribution in [0.1, 0.15) is 47.8 Å². The van der Waals surface area contributed by atoms with E-state index in [9.17, 15) is 4.79 Å². The van der Waals surface area contributed by atoms with Gasteiger partial charge in [-0.3, -0.25) is 4.79 Å². The Kier molecular flexibility index (Phi) is 4.92. The number of nitrogens with zero attached hydrogens (tertiary/aromatic N) is 2. The zero-order chi connectivity index (χ0) is 16.9. The van der Waals surface area contributed by atoms with Gasteiger partial charge in [-0.15, -0.1) is 0 Å². The zero-order valence-electron chi connectivity index (χ0n) is 13.5. The molecular weight excluding hydrogens is 286 g/mol. The average molecular weight is 305 g/mol. The van der Waals surface area contributed by atoms with Gasteiger partial charge >= 0.3 is 0 Å². The third kappa shape index (κ3) is 4.52. The predicted molar refractivity (Wildman–Crippen MR) is 91.4 cm³/mol. The summed E-state index contributed by atoms with van der Waals surface area (Å²) in [5, 5.41) is 12.7. The molecule has 0 unspecified atom stereocenters. The van der Waals surface area contributed by atoms with Crippen LogP contribution in [0.3, 0.4) is 0 Å². The lowest BCUT2D eigenvalue weighted by molar-refractivity contribution is 0.0955. The van der Waals surface area contributed by atoms with Crippen LogP contribution < -0.4 is 5.43 Å². The third-order valence-corrected chi connectivity index (χ3v) is 3.43. The number of carbonyl (C=O) groups is 1. The molecule has 0 radical (unpaired) electrons. The summed E-state index contributed by atoms with van der Waals surface area (Å²) in [4.78, 5) is 12.0. The SMILES string of the molecule is CC(C)(C)c1ccc(C(=O)N/N=C\c2ccc(C#N)cc2)cc1. The summed E-state index contributed by atoms with van der Waals surface area (Å²) >= 11 is 0. The number of nitriles is 1. The average Bonchev–Trinajstić information content (AvgIpc) is 2.54. The van der Waals surface area contributed by atoms with Crippen LogP contribution in [0.2, 0.25) is 0 Å². The van der Waals surface area contributed by atoms with Gasteiger partial charge in [0.05, 0.1) is 17.8 Å². The van der Waals surface area contributed by atoms with E-state index < -0.39 is 0 Å². The molecule has 0 heterocycles. The van der Waals surface area contributed by atoms with Crippen LogP contribution >= 0.6 is 0 Å². The molecule has 0 aliphatic heterocycles. The highest BCUT2D eigenvalue weighted by Gasteiger charge is 2.14. The Hall–Kier alpha value is -2.93. The van der Waals surface area contributed by atoms with Crippen molar-refractivity contribution in [2.75, 3.05) is 0 Å². The van der Waals surface area contributed by atoms with Crippen molar-refractivity contribution in [3.8, 4) is 6.07 Å². The van der Waals surface area contributed by atoms with Gasteiger partial charge in [0, 0.05) is 5.56 Å². The van der Waals surface area contributed by atoms with Crippen LogP contribution in [0.4, 0.5) is 0 Å². The minimum absolute atomic E-state index is 0.0583. The Morgan fingerprint density at radius 3 is 2.22 bits per heavy atom. The first-order valence-electron chi connectivity index (χ1n) is 7.34. The quantitative estimate of drug-likeness (QED) is 0.695. The lowest BCUT2D eigenvalue weighted by Gasteiger charge is -2.18. The van der Waals surface area contributed by atoms with Crippen LogP contribution in [0, 0.1) is 11.3 Å². The molecule has 0 aromatic heterocycles. The van der Waals surface area contributed by atoms with E-state index >= 15 is 0 Å². The fourth-order valence-electron chi connectivity index (χ4n) is 2.00. The van der Waals surface area contributed by atoms with Crippen LogP contribution in [-0.2, 0) is 5.41 Å². The van der Waals surface area contributed by atoms with Gasteiger partial charge in [-0.1, -0.05) is 45.0 Å². The molecular formula is C19H19N3O. The number of amides is 1. The van der Waals surface area contributed by atoms with Crippen LogP contribution in [-0.4, -0.2) is 12.1 Å². The molecule has 0 aliphatic carbocycles. The maximum absolute atomic E-state index is 12.0. The number of nitrogens with one attached hydrogen (secondary N) is 1. The maximum Gasteiger partial charge on any atom is 0.271 e. The standard InChI is InChI=1S/C19H19N3O/c1-19(2,3)17-10-8-16(9-11-17)18(23)22-21-13-15-6-4-14(12-20)5-7-15/h4-11,13H,1-3H3,(H,22,23)/b21-13-. The lowest BCUT2D eigenvalue weighted by atomic mass is 9.87. The van der Waals surface area contributed by atoms with Gasteiger partial charge in [-0.2, -0.15) is 10.4 Å². The van der Waals surface area contributed by atoms with E-state index in [2.05, 4.69) is 37.4 Å². The lowest BCUT2D eigenvalue weighted by Crippen LogP contribution is -2.18. The van der Waals surface area contributed by atoms with Gasteiger partial charge < -0.3 is 0 Å². The van der Waals surface area contributed by atoms with Crippen molar-refractivity contribution in [3.05, 3.63) is 70.8 Å². The second-order valence-corrected chi connectivity index (χ2v) is 6.26. The van der Waals surface area contributed by atoms with Crippen molar-refractivity contribution >= 4 is 12.1 Å². The number of hydrogen-bond acceptors (Lipinski definition) is 3. The van der Waals surface area contributed by atoms with E-state index in [1.54, 1.807) is 42.6 Å². The van der Waals surface area contributed by atoms with Gasteiger partial charge in [0.2, 0.25) is 0 Å². The van der Waals surface area contributed by atoms with Crippen LogP contribution in [0.25, 0.3) is 0 Å². The molecule has 4 nitrogen and oxygen atoms in total. The smallest absolute Gasteiger partial charge is 0.267 e. The third-order valence-electron chi connectivity index (χ3n) is 3.43. The Morgan fingerprint density at radius 2 is 1.70 bits per heavy atom. The molecule has 23 heavy (non-hydrogen) atoms. The van der Waals surface area contributed by atoms with Crippen LogP contribution in [0.5, 0.6) is 0 Å². The van der Waals surface area contributed by atoms with Gasteiger partial charge in [0.1, 0.15) is 0 Å². The molecule has 0 atom stereocenters. The molecule has 2 aromatic rings. The van der Waals surface area contributed by atoms with E-state index in [0.29, 0.717) is 11.1 Å². The minimum Gasteiger partial charge on any atom is -0.267 e. The maximum atomic E-state index is 12.0. The van der Waals surface area contributed by atoms with Crippen molar-refractivity contribution in [1.29, 1.82) is 5.26 Å². The molecule has 0 bridgehead atoms. The summed E-state index contributed by atoms with van der Waals surface area (Å²) in [5.74, 6) is -0.254. The van der Waals surface area contributed by atoms with Crippen molar-refractivity contribution in [2.45, 2.75) is 26.2 Å². The summed E-state index contributed by atoms with van der Waals surface area (Å²) in [5.41, 5.74) is 5.70. The Balaban J connectivity index is 1.99. The summed E-state index contributed by atoms with van der Waals surface area (Å²) < 4.78 is 0. The first-order chi connectivity index (χ1) is 10.9. The largest absolute Gasteiger partial charge is 0.271 e. The van der Waals surface area contributed by atoms with Gasteiger partial charge in [0.25, 0.3) is 5.91 Å². The number of benzene rings is 2. The fourth-order valence-corrected chi connectivity index (χ4v) is 2.00. The highest BCUT2D eigenvalue weighted by atomic mass is 16.2. The Morgan fingerprint density at radius 1 is 1.09 bits per heavy atom. The first kappa shape index (κ1) is 16.4. The molecule has 0 fully saturated rings. The van der Waals surface area contributed by atoms with E-state index in [0.717, 1.165) is 5.56 Å². The van der Waals surface area contributed by atoms with E-state index in [1.165, 1.54) is 5.56 Å². The number of hydrogen-bond donors (Lipinski definition) is 1. The normalized spacial score (nSPS) is 11.2. The molecule has 116 valence electrons. The first-order valence-corrected chi connectivity index (χ1v) is 7.34. The van der Waals surface area contributed by atoms with Gasteiger partial charge in [-0.05, 0) is 40.8 Å². The molecule has 0 aliphatic rings. The number of carbonyl (C=O) groups excluding carboxylic acids is 1. The minimum atomic E-state index is -0.254. The van der Waals surface area contributed by atoms with Crippen molar-refractivity contribution < 1.29 is 4.79 Å². The second kappa shape index (κ2) is 6.89. The molecule has 1 amide bonds. The number of rotatable bonds is 3. The number of hydrazone groups is 1. The van der Waals surface area contributed by atoms with E-state index in [-0.39, 0.29) is 11.3 Å². The molecule has 2 aromatic carbocycles. The second-order valence-electron chi connectivity index (χ2n) is 6.26. The van der Waals surface area contributed by atoms with Crippen molar-refractivity contribution in [1.82, 2.24) is 5.43 Å². The monoisotopic (exact) mass is 305 g/mol. The zero-order valence-corrected chi connectivity index (χ0v) is 13.5. The highest BCUT2D eigenvalue weighted by Crippen LogP contribution is 2.22. The molecule has 4 heteroatoms. The summed E-state index contributed by atoms with van der Waals surface area (Å²) in [6.07, 6.45) is 1.54. The van der Waals surface area contributed by atoms with Crippen molar-refractivity contribution in [3.63, 3.8) is 0 Å². The summed E-state index contributed by atoms with van der Waals surface area (Å²) in [7, 11) is 0. The fraction of sp³-hybridized carbons (Fsp3) is 0.211. The molecule has 0 saturated heterocycles. The van der Waals surface area contributed by atoms with E-state index in [4.69, 9.17) is 5.26 Å². The highest BCUT2D eigenvalue weighted by molar-refractivity contribution is 5.94. The van der Waals surface area contributed by atoms with E-state index in [1.807, 2.05) is 12.1 Å². The molecule has 1 N–H and O–H groups in total. The topological polar surface area (TPSA) is 65.2 Å². The molecule has 0 saturated carbocycles. The van der Waals surface area contributed by atoms with Crippen LogP contribution in [0.15, 0.2) is 53.6 Å². The van der Waals surface area contributed by atoms with Gasteiger partial charge in [0.15, 0.2) is 0 Å².